The van der Waals surface area contributed by atoms with Crippen molar-refractivity contribution in [3.8, 4) is 10.6 Å². The normalized spacial score (nSPS) is 13.5. The number of unbranched alkanes of at least 4 members (excludes halogenated alkanes) is 1. The Hall–Kier alpha value is -4.57. The maximum atomic E-state index is 13.7. The third-order valence-corrected chi connectivity index (χ3v) is 8.82. The number of carbonyl (C=O) groups is 4. The molecule has 1 aromatic heterocycles. The summed E-state index contributed by atoms with van der Waals surface area (Å²) in [6.07, 6.45) is 4.86. The van der Waals surface area contributed by atoms with Crippen molar-refractivity contribution >= 4 is 53.9 Å². The van der Waals surface area contributed by atoms with Crippen LogP contribution in [0.1, 0.15) is 68.7 Å². The number of benzene rings is 2. The second-order valence-corrected chi connectivity index (χ2v) is 14.2. The minimum absolute atomic E-state index is 0.0449. The van der Waals surface area contributed by atoms with E-state index in [4.69, 9.17) is 24.3 Å². The van der Waals surface area contributed by atoms with Crippen LogP contribution in [-0.4, -0.2) is 114 Å². The van der Waals surface area contributed by atoms with Gasteiger partial charge >= 0.3 is 19.2 Å². The molecule has 3 aromatic rings. The van der Waals surface area contributed by atoms with Crippen LogP contribution in [0.25, 0.3) is 16.6 Å². The van der Waals surface area contributed by atoms with Gasteiger partial charge in [0.1, 0.15) is 22.3 Å². The molecular weight excluding hydrogens is 699 g/mol. The molecule has 0 radical (unpaired) electrons. The lowest BCUT2D eigenvalue weighted by atomic mass is 9.81. The van der Waals surface area contributed by atoms with Crippen molar-refractivity contribution in [2.24, 2.45) is 0 Å². The van der Waals surface area contributed by atoms with Gasteiger partial charge in [-0.05, 0) is 45.2 Å². The van der Waals surface area contributed by atoms with Gasteiger partial charge in [0.15, 0.2) is 0 Å². The van der Waals surface area contributed by atoms with E-state index in [1.54, 1.807) is 74.1 Å². The number of esters is 1. The standard InChI is InChI=1S/C32H44N4O7S.C6H7BO2/c1-6-7-22-42-31(40)36-19-17-35(18-20-36)30(39)24(15-16-26(37)43-32(2,3)4)33-28(38)27-25(14-11-21-41-5)44-29(34-27)23-12-9-8-10-13-23;8-7(9)6-4-2-1-3-5-6/h8-14,24H,6-7,15-22H2,1-5H3,(H,33,38);1-5,8-9H/b14-11+;/t24-;/m0./s1. The second kappa shape index (κ2) is 21.8. The maximum Gasteiger partial charge on any atom is 0.488 e. The lowest BCUT2D eigenvalue weighted by Gasteiger charge is -2.36. The Morgan fingerprint density at radius 2 is 1.60 bits per heavy atom. The Morgan fingerprint density at radius 3 is 2.17 bits per heavy atom. The molecule has 15 heteroatoms. The van der Waals surface area contributed by atoms with Gasteiger partial charge in [-0.3, -0.25) is 14.4 Å². The molecule has 1 fully saturated rings. The molecule has 1 saturated heterocycles. The zero-order valence-electron chi connectivity index (χ0n) is 31.2. The predicted octanol–water partition coefficient (Wildman–Crippen LogP) is 4.14. The summed E-state index contributed by atoms with van der Waals surface area (Å²) in [5.74, 6) is -1.33. The summed E-state index contributed by atoms with van der Waals surface area (Å²) in [5.41, 5.74) is 0.884. The number of aromatic nitrogens is 1. The topological polar surface area (TPSA) is 168 Å². The number of ether oxygens (including phenoxy) is 3. The van der Waals surface area contributed by atoms with Crippen molar-refractivity contribution in [2.45, 2.75) is 65.0 Å². The molecule has 0 bridgehead atoms. The van der Waals surface area contributed by atoms with Gasteiger partial charge in [-0.1, -0.05) is 80.1 Å². The first kappa shape index (κ1) is 42.8. The van der Waals surface area contributed by atoms with Crippen molar-refractivity contribution in [3.63, 3.8) is 0 Å². The molecular formula is C38H51BN4O9S. The van der Waals surface area contributed by atoms with Crippen LogP contribution in [0.4, 0.5) is 4.79 Å². The minimum atomic E-state index is -1.34. The Balaban J connectivity index is 0.000000731. The van der Waals surface area contributed by atoms with Gasteiger partial charge in [0, 0.05) is 45.3 Å². The van der Waals surface area contributed by atoms with Gasteiger partial charge in [0.2, 0.25) is 5.91 Å². The summed E-state index contributed by atoms with van der Waals surface area (Å²) in [6, 6.07) is 17.2. The van der Waals surface area contributed by atoms with Crippen LogP contribution < -0.4 is 10.8 Å². The molecule has 3 amide bonds. The maximum absolute atomic E-state index is 13.7. The van der Waals surface area contributed by atoms with E-state index >= 15 is 0 Å². The van der Waals surface area contributed by atoms with Crippen molar-refractivity contribution in [1.29, 1.82) is 0 Å². The molecule has 1 atom stereocenters. The summed E-state index contributed by atoms with van der Waals surface area (Å²) in [4.78, 5) is 60.8. The van der Waals surface area contributed by atoms with Gasteiger partial charge in [0.25, 0.3) is 5.91 Å². The number of methoxy groups -OCH3 is 1. The lowest BCUT2D eigenvalue weighted by Crippen LogP contribution is -2.56. The molecule has 53 heavy (non-hydrogen) atoms. The highest BCUT2D eigenvalue weighted by Gasteiger charge is 2.32. The van der Waals surface area contributed by atoms with E-state index < -0.39 is 36.7 Å². The van der Waals surface area contributed by atoms with E-state index in [2.05, 4.69) is 10.3 Å². The Labute approximate surface area is 316 Å². The number of hydrogen-bond acceptors (Lipinski definition) is 11. The predicted molar refractivity (Wildman–Crippen MR) is 205 cm³/mol. The number of rotatable bonds is 14. The fraction of sp³-hybridized carbons (Fsp3) is 0.447. The van der Waals surface area contributed by atoms with Gasteiger partial charge in [-0.15, -0.1) is 11.3 Å². The zero-order valence-corrected chi connectivity index (χ0v) is 32.0. The average Bonchev–Trinajstić information content (AvgIpc) is 3.58. The lowest BCUT2D eigenvalue weighted by molar-refractivity contribution is -0.155. The van der Waals surface area contributed by atoms with Crippen molar-refractivity contribution in [1.82, 2.24) is 20.1 Å². The van der Waals surface area contributed by atoms with Gasteiger partial charge < -0.3 is 39.4 Å². The van der Waals surface area contributed by atoms with Crippen LogP contribution in [0, 0.1) is 0 Å². The van der Waals surface area contributed by atoms with Crippen molar-refractivity contribution < 1.29 is 43.4 Å². The van der Waals surface area contributed by atoms with Crippen LogP contribution in [0.2, 0.25) is 0 Å². The second-order valence-electron chi connectivity index (χ2n) is 13.2. The number of thiazole rings is 1. The summed E-state index contributed by atoms with van der Waals surface area (Å²) in [6.45, 7) is 9.22. The molecule has 2 heterocycles. The molecule has 0 saturated carbocycles. The van der Waals surface area contributed by atoms with E-state index in [0.29, 0.717) is 41.7 Å². The van der Waals surface area contributed by atoms with E-state index in [9.17, 15) is 19.2 Å². The zero-order chi connectivity index (χ0) is 38.8. The van der Waals surface area contributed by atoms with E-state index in [0.717, 1.165) is 18.4 Å². The van der Waals surface area contributed by atoms with E-state index in [1.165, 1.54) is 11.3 Å². The SMILES string of the molecule is CCCCOC(=O)N1CCN(C(=O)[C@H](CCC(=O)OC(C)(C)C)NC(=O)c2nc(-c3ccccc3)sc2/C=C/COC)CC1.OB(O)c1ccccc1. The Kier molecular flexibility index (Phi) is 17.7. The number of hydrogen-bond donors (Lipinski definition) is 3. The van der Waals surface area contributed by atoms with Gasteiger partial charge in [0.05, 0.1) is 18.1 Å². The smallest absolute Gasteiger partial charge is 0.460 e. The van der Waals surface area contributed by atoms with Crippen LogP contribution in [0.5, 0.6) is 0 Å². The molecule has 286 valence electrons. The monoisotopic (exact) mass is 750 g/mol. The highest BCUT2D eigenvalue weighted by molar-refractivity contribution is 7.16. The minimum Gasteiger partial charge on any atom is -0.460 e. The quantitative estimate of drug-likeness (QED) is 0.124. The molecule has 0 aliphatic carbocycles. The number of piperazine rings is 1. The first-order valence-electron chi connectivity index (χ1n) is 17.7. The summed E-state index contributed by atoms with van der Waals surface area (Å²) < 4.78 is 15.9. The van der Waals surface area contributed by atoms with E-state index in [1.807, 2.05) is 43.3 Å². The molecule has 3 N–H and O–H groups in total. The number of amides is 3. The highest BCUT2D eigenvalue weighted by Crippen LogP contribution is 2.29. The molecule has 1 aliphatic heterocycles. The number of carbonyl (C=O) groups excluding carboxylic acids is 4. The molecule has 0 unspecified atom stereocenters. The fourth-order valence-corrected chi connectivity index (χ4v) is 6.05. The number of nitrogens with zero attached hydrogens (tertiary/aromatic N) is 3. The first-order chi connectivity index (χ1) is 25.3. The molecule has 0 spiro atoms. The van der Waals surface area contributed by atoms with Crippen LogP contribution >= 0.6 is 11.3 Å². The van der Waals surface area contributed by atoms with Crippen molar-refractivity contribution in [2.75, 3.05) is 46.5 Å². The summed E-state index contributed by atoms with van der Waals surface area (Å²) in [5, 5.41) is 20.7. The fourth-order valence-electron chi connectivity index (χ4n) is 5.05. The third kappa shape index (κ3) is 14.8. The average molecular weight is 751 g/mol. The third-order valence-electron chi connectivity index (χ3n) is 7.75. The molecule has 13 nitrogen and oxygen atoms in total. The van der Waals surface area contributed by atoms with Crippen LogP contribution in [-0.2, 0) is 23.8 Å². The molecule has 4 rings (SSSR count). The first-order valence-corrected chi connectivity index (χ1v) is 18.5. The largest absolute Gasteiger partial charge is 0.488 e. The van der Waals surface area contributed by atoms with Crippen LogP contribution in [0.3, 0.4) is 0 Å². The summed E-state index contributed by atoms with van der Waals surface area (Å²) >= 11 is 1.36. The van der Waals surface area contributed by atoms with E-state index in [-0.39, 0.29) is 37.5 Å². The van der Waals surface area contributed by atoms with Gasteiger partial charge in [-0.2, -0.15) is 0 Å². The summed E-state index contributed by atoms with van der Waals surface area (Å²) in [7, 11) is 0.238. The molecule has 1 aliphatic rings. The van der Waals surface area contributed by atoms with Crippen molar-refractivity contribution in [3.05, 3.63) is 77.3 Å². The van der Waals surface area contributed by atoms with Gasteiger partial charge in [-0.25, -0.2) is 9.78 Å². The Bertz CT molecular complexity index is 1620. The number of nitrogens with one attached hydrogen (secondary N) is 1. The molecule has 2 aromatic carbocycles. The van der Waals surface area contributed by atoms with Crippen LogP contribution in [0.15, 0.2) is 66.7 Å². The Morgan fingerprint density at radius 1 is 0.981 bits per heavy atom. The highest BCUT2D eigenvalue weighted by atomic mass is 32.1.